The van der Waals surface area contributed by atoms with Crippen molar-refractivity contribution in [1.82, 2.24) is 0 Å². The Bertz CT molecular complexity index is 1650. The highest BCUT2D eigenvalue weighted by Gasteiger charge is 1.88. The summed E-state index contributed by atoms with van der Waals surface area (Å²) in [4.78, 5) is 0. The van der Waals surface area contributed by atoms with E-state index < -0.39 is 0 Å². The number of ether oxygens (including phenoxy) is 2. The molecule has 0 atom stereocenters. The highest BCUT2D eigenvalue weighted by Crippen LogP contribution is 2.08. The number of nitrogen functional groups attached to an aromatic ring is 4. The summed E-state index contributed by atoms with van der Waals surface area (Å²) in [6, 6.07) is 30.0. The maximum absolute atomic E-state index is 8.39. The molecule has 8 nitrogen and oxygen atoms in total. The van der Waals surface area contributed by atoms with Crippen LogP contribution in [0.15, 0.2) is 97.1 Å². The molecule has 0 amide bonds. The highest BCUT2D eigenvalue weighted by molar-refractivity contribution is 14.1. The minimum Gasteiger partial charge on any atom is -0.399 e. The highest BCUT2D eigenvalue weighted by atomic mass is 127. The number of hydrogen-bond acceptors (Lipinski definition) is 8. The Morgan fingerprint density at radius 2 is 0.885 bits per heavy atom. The summed E-state index contributed by atoms with van der Waals surface area (Å²) in [6.07, 6.45) is 5.78. The summed E-state index contributed by atoms with van der Waals surface area (Å²) in [5, 5.41) is 16.0. The molecular weight excluding hydrogens is 763 g/mol. The van der Waals surface area contributed by atoms with Crippen LogP contribution in [-0.4, -0.2) is 49.9 Å². The zero-order chi connectivity index (χ0) is 39.2. The largest absolute Gasteiger partial charge is 0.399 e. The van der Waals surface area contributed by atoms with Gasteiger partial charge in [-0.2, -0.15) is 0 Å². The van der Waals surface area contributed by atoms with Crippen molar-refractivity contribution in [3.63, 3.8) is 0 Å². The SMILES string of the molecule is C#CCO.CCC.CCOCC#Cc1cccc(N)c1.CCOCC#Cc1cccc(N)c1.Nc1cccc(C#CCO)c1.Nc1cccc(I)c1. The van der Waals surface area contributed by atoms with E-state index in [2.05, 4.69) is 78.4 Å². The number of anilines is 4. The number of halogens is 1. The van der Waals surface area contributed by atoms with Gasteiger partial charge in [0, 0.05) is 56.2 Å². The van der Waals surface area contributed by atoms with Crippen molar-refractivity contribution in [2.75, 3.05) is 62.6 Å². The van der Waals surface area contributed by atoms with Crippen LogP contribution in [0.4, 0.5) is 22.7 Å². The van der Waals surface area contributed by atoms with Crippen LogP contribution in [0.1, 0.15) is 50.8 Å². The van der Waals surface area contributed by atoms with Crippen LogP contribution in [-0.2, 0) is 9.47 Å². The lowest BCUT2D eigenvalue weighted by atomic mass is 10.2. The van der Waals surface area contributed by atoms with Gasteiger partial charge < -0.3 is 42.6 Å². The second-order valence-electron chi connectivity index (χ2n) is 9.84. The number of aliphatic hydroxyl groups is 2. The Morgan fingerprint density at radius 1 is 0.558 bits per heavy atom. The van der Waals surface area contributed by atoms with Crippen LogP contribution in [0.25, 0.3) is 0 Å². The van der Waals surface area contributed by atoms with Crippen LogP contribution in [0.2, 0.25) is 0 Å². The van der Waals surface area contributed by atoms with E-state index >= 15 is 0 Å². The molecule has 0 spiro atoms. The van der Waals surface area contributed by atoms with E-state index in [1.807, 2.05) is 105 Å². The van der Waals surface area contributed by atoms with Crippen molar-refractivity contribution in [1.29, 1.82) is 0 Å². The molecule has 0 aliphatic carbocycles. The van der Waals surface area contributed by atoms with Crippen molar-refractivity contribution in [2.24, 2.45) is 0 Å². The normalized spacial score (nSPS) is 8.42. The van der Waals surface area contributed by atoms with Gasteiger partial charge in [0.2, 0.25) is 0 Å². The monoisotopic (exact) mass is 816 g/mol. The van der Waals surface area contributed by atoms with E-state index in [-0.39, 0.29) is 13.2 Å². The second kappa shape index (κ2) is 35.7. The maximum Gasteiger partial charge on any atom is 0.108 e. The number of nitrogens with two attached hydrogens (primary N) is 4. The first kappa shape index (κ1) is 49.0. The van der Waals surface area contributed by atoms with E-state index in [0.29, 0.717) is 32.1 Å². The lowest BCUT2D eigenvalue weighted by Crippen LogP contribution is -1.89. The van der Waals surface area contributed by atoms with Gasteiger partial charge in [0.25, 0.3) is 0 Å². The molecule has 4 aromatic rings. The predicted octanol–water partition coefficient (Wildman–Crippen LogP) is 6.83. The van der Waals surface area contributed by atoms with Crippen LogP contribution in [0.3, 0.4) is 0 Å². The molecule has 0 bridgehead atoms. The Kier molecular flexibility index (Phi) is 33.6. The van der Waals surface area contributed by atoms with E-state index in [1.165, 1.54) is 9.99 Å². The topological polar surface area (TPSA) is 163 Å². The Morgan fingerprint density at radius 3 is 1.13 bits per heavy atom. The fourth-order valence-electron chi connectivity index (χ4n) is 3.08. The number of benzene rings is 4. The lowest BCUT2D eigenvalue weighted by Gasteiger charge is -1.93. The molecule has 0 aromatic heterocycles. The van der Waals surface area contributed by atoms with Gasteiger partial charge >= 0.3 is 0 Å². The van der Waals surface area contributed by atoms with E-state index in [4.69, 9.17) is 42.6 Å². The van der Waals surface area contributed by atoms with Gasteiger partial charge in [-0.25, -0.2) is 0 Å². The molecule has 4 aromatic carbocycles. The molecular formula is C43H53IN4O4. The van der Waals surface area contributed by atoms with Crippen molar-refractivity contribution in [2.45, 2.75) is 34.1 Å². The summed E-state index contributed by atoms with van der Waals surface area (Å²) in [5.41, 5.74) is 27.8. The summed E-state index contributed by atoms with van der Waals surface area (Å²) in [6.45, 7) is 10.2. The molecule has 4 rings (SSSR count). The summed E-state index contributed by atoms with van der Waals surface area (Å²) in [5.74, 6) is 19.0. The smallest absolute Gasteiger partial charge is 0.108 e. The average molecular weight is 817 g/mol. The third-order valence-electron chi connectivity index (χ3n) is 5.13. The van der Waals surface area contributed by atoms with Gasteiger partial charge in [-0.15, -0.1) is 6.42 Å². The molecule has 0 saturated heterocycles. The maximum atomic E-state index is 8.39. The van der Waals surface area contributed by atoms with Crippen LogP contribution < -0.4 is 22.9 Å². The van der Waals surface area contributed by atoms with Gasteiger partial charge in [0.05, 0.1) is 0 Å². The number of aliphatic hydroxyl groups excluding tert-OH is 2. The fourth-order valence-corrected chi connectivity index (χ4v) is 3.65. The van der Waals surface area contributed by atoms with Crippen molar-refractivity contribution in [3.8, 4) is 47.9 Å². The second-order valence-corrected chi connectivity index (χ2v) is 11.1. The summed E-state index contributed by atoms with van der Waals surface area (Å²) < 4.78 is 11.3. The first-order valence-electron chi connectivity index (χ1n) is 16.4. The summed E-state index contributed by atoms with van der Waals surface area (Å²) >= 11 is 2.23. The molecule has 0 heterocycles. The van der Waals surface area contributed by atoms with Crippen molar-refractivity contribution < 1.29 is 19.7 Å². The minimum atomic E-state index is -0.153. The minimum absolute atomic E-state index is 0.116. The molecule has 276 valence electrons. The lowest BCUT2D eigenvalue weighted by molar-refractivity contribution is 0.182. The molecule has 0 aliphatic heterocycles. The summed E-state index contributed by atoms with van der Waals surface area (Å²) in [7, 11) is 0. The Balaban J connectivity index is 0. The van der Waals surface area contributed by atoms with Gasteiger partial charge in [0.15, 0.2) is 0 Å². The van der Waals surface area contributed by atoms with Crippen LogP contribution >= 0.6 is 22.6 Å². The first-order valence-corrected chi connectivity index (χ1v) is 17.5. The Hall–Kier alpha value is -5.11. The molecule has 0 saturated carbocycles. The first-order chi connectivity index (χ1) is 25.1. The molecule has 52 heavy (non-hydrogen) atoms. The van der Waals surface area contributed by atoms with Gasteiger partial charge in [0.1, 0.15) is 26.4 Å². The molecule has 9 heteroatoms. The van der Waals surface area contributed by atoms with Crippen molar-refractivity contribution >= 4 is 45.3 Å². The molecule has 0 fully saturated rings. The van der Waals surface area contributed by atoms with Crippen molar-refractivity contribution in [3.05, 3.63) is 117 Å². The number of terminal acetylenes is 1. The van der Waals surface area contributed by atoms with Gasteiger partial charge in [-0.1, -0.05) is 86.0 Å². The quantitative estimate of drug-likeness (QED) is 0.0566. The third-order valence-corrected chi connectivity index (χ3v) is 5.80. The van der Waals surface area contributed by atoms with Gasteiger partial charge in [-0.05, 0) is 109 Å². The average Bonchev–Trinajstić information content (AvgIpc) is 3.12. The molecule has 10 N–H and O–H groups in total. The van der Waals surface area contributed by atoms with E-state index in [0.717, 1.165) is 33.8 Å². The van der Waals surface area contributed by atoms with E-state index in [1.54, 1.807) is 12.1 Å². The third kappa shape index (κ3) is 32.1. The molecule has 0 unspecified atom stereocenters. The zero-order valence-electron chi connectivity index (χ0n) is 30.7. The molecule has 0 aliphatic rings. The van der Waals surface area contributed by atoms with E-state index in [9.17, 15) is 0 Å². The van der Waals surface area contributed by atoms with Gasteiger partial charge in [-0.3, -0.25) is 0 Å². The zero-order valence-corrected chi connectivity index (χ0v) is 32.8. The Labute approximate surface area is 325 Å². The predicted molar refractivity (Wildman–Crippen MR) is 229 cm³/mol. The number of hydrogen-bond donors (Lipinski definition) is 6. The van der Waals surface area contributed by atoms with Crippen LogP contribution in [0.5, 0.6) is 0 Å². The van der Waals surface area contributed by atoms with Crippen LogP contribution in [0, 0.1) is 51.4 Å². The standard InChI is InChI=1S/2C11H13NO.C9H9NO.C6H6IN.C3H4O.C3H8/c2*1-2-13-8-4-6-10-5-3-7-11(12)9-10;10-9-5-1-3-8(7-9)4-2-6-11;7-5-2-1-3-6(8)4-5;1-2-3-4;1-3-2/h2*3,5,7,9H,2,8,12H2,1H3;1,3,5,7,11H,6,10H2;1-4H,8H2;1,4H,3H2;3H2,1-2H3. The molecule has 0 radical (unpaired) electrons. The fraction of sp³-hybridized carbons (Fsp3) is 0.256. The number of rotatable bonds is 4.